The lowest BCUT2D eigenvalue weighted by Gasteiger charge is -2.29. The molecule has 0 saturated heterocycles. The van der Waals surface area contributed by atoms with E-state index < -0.39 is 15.9 Å². The Morgan fingerprint density at radius 1 is 0.968 bits per heavy atom. The molecule has 9 heteroatoms. The second-order valence-electron chi connectivity index (χ2n) is 7.99. The van der Waals surface area contributed by atoms with Gasteiger partial charge in [-0.3, -0.25) is 19.3 Å². The van der Waals surface area contributed by atoms with E-state index in [1.807, 2.05) is 0 Å². The van der Waals surface area contributed by atoms with Crippen LogP contribution in [0.1, 0.15) is 68.7 Å². The number of nitrogens with two attached hydrogens (primary N) is 1. The van der Waals surface area contributed by atoms with Gasteiger partial charge in [0.15, 0.2) is 0 Å². The van der Waals surface area contributed by atoms with Crippen LogP contribution in [0.15, 0.2) is 42.5 Å². The molecular weight excluding hydrogens is 418 g/mol. The average molecular weight is 442 g/mol. The lowest BCUT2D eigenvalue weighted by Crippen LogP contribution is -2.40. The highest BCUT2D eigenvalue weighted by Gasteiger charge is 2.40. The Hall–Kier alpha value is -3.04. The number of amides is 3. The van der Waals surface area contributed by atoms with Crippen molar-refractivity contribution in [2.45, 2.75) is 43.9 Å². The fraction of sp³-hybridized carbons (Fsp3) is 0.318. The molecule has 1 fully saturated rings. The molecule has 0 spiro atoms. The Bertz CT molecular complexity index is 1150. The van der Waals surface area contributed by atoms with Crippen molar-refractivity contribution in [2.75, 3.05) is 5.32 Å². The van der Waals surface area contributed by atoms with E-state index in [0.29, 0.717) is 16.8 Å². The molecule has 0 bridgehead atoms. The molecule has 2 aromatic rings. The number of imide groups is 1. The maximum Gasteiger partial charge on any atom is 0.261 e. The van der Waals surface area contributed by atoms with Gasteiger partial charge in [-0.2, -0.15) is 0 Å². The summed E-state index contributed by atoms with van der Waals surface area (Å²) in [5.74, 6) is -1.35. The van der Waals surface area contributed by atoms with Crippen LogP contribution in [0.5, 0.6) is 0 Å². The van der Waals surface area contributed by atoms with Crippen molar-refractivity contribution >= 4 is 33.4 Å². The number of hydrogen-bond donors (Lipinski definition) is 2. The quantitative estimate of drug-likeness (QED) is 0.690. The fourth-order valence-corrected chi connectivity index (χ4v) is 4.85. The Morgan fingerprint density at radius 2 is 1.61 bits per heavy atom. The summed E-state index contributed by atoms with van der Waals surface area (Å²) < 4.78 is 22.3. The van der Waals surface area contributed by atoms with Gasteiger partial charge in [-0.1, -0.05) is 31.4 Å². The molecule has 0 radical (unpaired) electrons. The Kier molecular flexibility index (Phi) is 5.63. The van der Waals surface area contributed by atoms with Crippen LogP contribution >= 0.6 is 0 Å². The number of primary sulfonamides is 1. The van der Waals surface area contributed by atoms with Crippen LogP contribution in [0.4, 0.5) is 5.69 Å². The number of rotatable bonds is 5. The molecule has 3 N–H and O–H groups in total. The summed E-state index contributed by atoms with van der Waals surface area (Å²) >= 11 is 0. The van der Waals surface area contributed by atoms with Gasteiger partial charge >= 0.3 is 0 Å². The molecule has 0 aromatic heterocycles. The number of fused-ring (bicyclic) bond motifs is 1. The number of hydrogen-bond acceptors (Lipinski definition) is 5. The van der Waals surface area contributed by atoms with Crippen molar-refractivity contribution in [1.29, 1.82) is 0 Å². The molecule has 1 saturated carbocycles. The number of nitrogens with zero attached hydrogens (tertiary/aromatic N) is 1. The number of benzene rings is 2. The van der Waals surface area contributed by atoms with Gasteiger partial charge in [-0.15, -0.1) is 0 Å². The largest absolute Gasteiger partial charge is 0.322 e. The van der Waals surface area contributed by atoms with Gasteiger partial charge in [0, 0.05) is 17.3 Å². The van der Waals surface area contributed by atoms with Crippen molar-refractivity contribution in [2.24, 2.45) is 5.14 Å². The van der Waals surface area contributed by atoms with E-state index in [1.54, 1.807) is 24.3 Å². The Morgan fingerprint density at radius 3 is 2.26 bits per heavy atom. The standard InChI is InChI=1S/C22H23N3O5S/c23-31(29,30)13-14-6-9-16(10-7-14)24-20(26)15-8-11-18-19(12-15)22(28)25(21(18)27)17-4-2-1-3-5-17/h6-12,17H,1-5,13H2,(H,24,26)(H2,23,29,30). The minimum Gasteiger partial charge on any atom is -0.322 e. The molecule has 31 heavy (non-hydrogen) atoms. The summed E-state index contributed by atoms with van der Waals surface area (Å²) in [4.78, 5) is 39.7. The summed E-state index contributed by atoms with van der Waals surface area (Å²) in [5.41, 5.74) is 1.82. The topological polar surface area (TPSA) is 127 Å². The molecule has 8 nitrogen and oxygen atoms in total. The second kappa shape index (κ2) is 8.24. The molecule has 0 atom stereocenters. The third-order valence-electron chi connectivity index (χ3n) is 5.70. The van der Waals surface area contributed by atoms with Crippen LogP contribution in [-0.4, -0.2) is 37.1 Å². The lowest BCUT2D eigenvalue weighted by molar-refractivity contribution is 0.0548. The first kappa shape index (κ1) is 21.2. The monoisotopic (exact) mass is 441 g/mol. The van der Waals surface area contributed by atoms with Crippen LogP contribution in [-0.2, 0) is 15.8 Å². The third-order valence-corrected chi connectivity index (χ3v) is 6.44. The molecule has 2 aliphatic rings. The summed E-state index contributed by atoms with van der Waals surface area (Å²) in [5, 5.41) is 7.74. The van der Waals surface area contributed by atoms with E-state index in [1.165, 1.54) is 23.1 Å². The highest BCUT2D eigenvalue weighted by molar-refractivity contribution is 7.88. The average Bonchev–Trinajstić information content (AvgIpc) is 2.99. The van der Waals surface area contributed by atoms with Gasteiger partial charge in [0.1, 0.15) is 0 Å². The van der Waals surface area contributed by atoms with Crippen molar-refractivity contribution in [3.05, 3.63) is 64.7 Å². The normalized spacial score (nSPS) is 17.0. The fourth-order valence-electron chi connectivity index (χ4n) is 4.19. The number of anilines is 1. The second-order valence-corrected chi connectivity index (χ2v) is 9.61. The highest BCUT2D eigenvalue weighted by atomic mass is 32.2. The third kappa shape index (κ3) is 4.52. The molecule has 0 unspecified atom stereocenters. The molecule has 2 aromatic carbocycles. The van der Waals surface area contributed by atoms with Gasteiger partial charge in [-0.25, -0.2) is 13.6 Å². The van der Waals surface area contributed by atoms with Gasteiger partial charge in [0.2, 0.25) is 10.0 Å². The molecule has 1 heterocycles. The Labute approximate surface area is 180 Å². The molecule has 4 rings (SSSR count). The predicted octanol–water partition coefficient (Wildman–Crippen LogP) is 2.66. The first-order valence-electron chi connectivity index (χ1n) is 10.2. The SMILES string of the molecule is NS(=O)(=O)Cc1ccc(NC(=O)c2ccc3c(c2)C(=O)N(C2CCCCC2)C3=O)cc1. The maximum absolute atomic E-state index is 12.9. The van der Waals surface area contributed by atoms with Crippen molar-refractivity contribution < 1.29 is 22.8 Å². The molecule has 1 aliphatic heterocycles. The van der Waals surface area contributed by atoms with Crippen LogP contribution in [0, 0.1) is 0 Å². The lowest BCUT2D eigenvalue weighted by atomic mass is 9.94. The van der Waals surface area contributed by atoms with Crippen LogP contribution in [0.3, 0.4) is 0 Å². The van der Waals surface area contributed by atoms with E-state index in [9.17, 15) is 22.8 Å². The first-order chi connectivity index (χ1) is 14.7. The van der Waals surface area contributed by atoms with Crippen LogP contribution in [0.2, 0.25) is 0 Å². The molecular formula is C22H23N3O5S. The van der Waals surface area contributed by atoms with E-state index in [4.69, 9.17) is 5.14 Å². The van der Waals surface area contributed by atoms with E-state index in [-0.39, 0.29) is 34.7 Å². The van der Waals surface area contributed by atoms with Crippen molar-refractivity contribution in [3.63, 3.8) is 0 Å². The van der Waals surface area contributed by atoms with Gasteiger partial charge in [0.25, 0.3) is 17.7 Å². The summed E-state index contributed by atoms with van der Waals surface area (Å²) in [6.45, 7) is 0. The van der Waals surface area contributed by atoms with Gasteiger partial charge in [-0.05, 0) is 48.7 Å². The van der Waals surface area contributed by atoms with Crippen LogP contribution in [0.25, 0.3) is 0 Å². The zero-order valence-electron chi connectivity index (χ0n) is 16.8. The van der Waals surface area contributed by atoms with Gasteiger partial charge < -0.3 is 5.32 Å². The summed E-state index contributed by atoms with van der Waals surface area (Å²) in [7, 11) is -3.64. The van der Waals surface area contributed by atoms with Gasteiger partial charge in [0.05, 0.1) is 16.9 Å². The van der Waals surface area contributed by atoms with Crippen molar-refractivity contribution in [1.82, 2.24) is 4.90 Å². The minimum absolute atomic E-state index is 0.0747. The number of carbonyl (C=O) groups is 3. The smallest absolute Gasteiger partial charge is 0.261 e. The number of sulfonamides is 1. The van der Waals surface area contributed by atoms with E-state index >= 15 is 0 Å². The molecule has 3 amide bonds. The highest BCUT2D eigenvalue weighted by Crippen LogP contribution is 2.31. The molecule has 1 aliphatic carbocycles. The number of nitrogens with one attached hydrogen (secondary N) is 1. The number of carbonyl (C=O) groups excluding carboxylic acids is 3. The minimum atomic E-state index is -3.64. The van der Waals surface area contributed by atoms with E-state index in [0.717, 1.165) is 32.1 Å². The first-order valence-corrected chi connectivity index (χ1v) is 11.9. The zero-order valence-corrected chi connectivity index (χ0v) is 17.7. The Balaban J connectivity index is 1.49. The summed E-state index contributed by atoms with van der Waals surface area (Å²) in [6, 6.07) is 10.7. The zero-order chi connectivity index (χ0) is 22.2. The van der Waals surface area contributed by atoms with E-state index in [2.05, 4.69) is 5.32 Å². The summed E-state index contributed by atoms with van der Waals surface area (Å²) in [6.07, 6.45) is 4.76. The van der Waals surface area contributed by atoms with Crippen molar-refractivity contribution in [3.8, 4) is 0 Å². The maximum atomic E-state index is 12.9. The predicted molar refractivity (Wildman–Crippen MR) is 115 cm³/mol. The molecule has 162 valence electrons. The van der Waals surface area contributed by atoms with Crippen LogP contribution < -0.4 is 10.5 Å².